The van der Waals surface area contributed by atoms with E-state index in [1.807, 2.05) is 23.6 Å². The summed E-state index contributed by atoms with van der Waals surface area (Å²) in [6.45, 7) is 0.592. The van der Waals surface area contributed by atoms with Crippen LogP contribution in [-0.2, 0) is 17.9 Å². The van der Waals surface area contributed by atoms with Crippen molar-refractivity contribution < 1.29 is 9.18 Å². The maximum Gasteiger partial charge on any atom is 0.261 e. The van der Waals surface area contributed by atoms with Gasteiger partial charge >= 0.3 is 0 Å². The SMILES string of the molecule is O=C(CCn1cnc2ccc(Br)cc2c1=O)N(Cc1cccs1)c1ccc(F)cc1. The molecule has 2 heterocycles. The van der Waals surface area contributed by atoms with Crippen molar-refractivity contribution in [3.63, 3.8) is 0 Å². The number of hydrogen-bond acceptors (Lipinski definition) is 4. The molecule has 2 aromatic heterocycles. The van der Waals surface area contributed by atoms with Crippen LogP contribution in [0.5, 0.6) is 0 Å². The van der Waals surface area contributed by atoms with Gasteiger partial charge in [0.05, 0.1) is 23.8 Å². The number of aryl methyl sites for hydroxylation is 1. The first kappa shape index (κ1) is 20.4. The van der Waals surface area contributed by atoms with Crippen molar-refractivity contribution in [3.8, 4) is 0 Å². The predicted molar refractivity (Wildman–Crippen MR) is 120 cm³/mol. The minimum atomic E-state index is -0.359. The smallest absolute Gasteiger partial charge is 0.261 e. The predicted octanol–water partition coefficient (Wildman–Crippen LogP) is 4.98. The van der Waals surface area contributed by atoms with Crippen LogP contribution in [0.2, 0.25) is 0 Å². The second-order valence-corrected chi connectivity index (χ2v) is 8.64. The van der Waals surface area contributed by atoms with Gasteiger partial charge in [-0.1, -0.05) is 22.0 Å². The summed E-state index contributed by atoms with van der Waals surface area (Å²) in [7, 11) is 0. The third-order valence-electron chi connectivity index (χ3n) is 4.69. The lowest BCUT2D eigenvalue weighted by molar-refractivity contribution is -0.119. The molecule has 30 heavy (non-hydrogen) atoms. The van der Waals surface area contributed by atoms with Gasteiger partial charge in [0.1, 0.15) is 5.82 Å². The Morgan fingerprint density at radius 3 is 2.70 bits per heavy atom. The van der Waals surface area contributed by atoms with Crippen molar-refractivity contribution in [3.05, 3.63) is 91.8 Å². The van der Waals surface area contributed by atoms with E-state index in [-0.39, 0.29) is 30.2 Å². The number of rotatable bonds is 6. The van der Waals surface area contributed by atoms with Crippen LogP contribution in [0.15, 0.2) is 75.6 Å². The molecule has 4 rings (SSSR count). The van der Waals surface area contributed by atoms with E-state index in [1.54, 1.807) is 40.5 Å². The fourth-order valence-corrected chi connectivity index (χ4v) is 4.20. The molecule has 0 spiro atoms. The molecule has 1 amide bonds. The summed E-state index contributed by atoms with van der Waals surface area (Å²) >= 11 is 4.92. The lowest BCUT2D eigenvalue weighted by Gasteiger charge is -2.22. The summed E-state index contributed by atoms with van der Waals surface area (Å²) < 4.78 is 15.6. The Labute approximate surface area is 184 Å². The molecule has 152 valence electrons. The molecule has 2 aromatic carbocycles. The molecular formula is C22H17BrFN3O2S. The van der Waals surface area contributed by atoms with Gasteiger partial charge < -0.3 is 4.90 Å². The lowest BCUT2D eigenvalue weighted by atomic mass is 10.2. The summed E-state index contributed by atoms with van der Waals surface area (Å²) in [5, 5.41) is 2.44. The van der Waals surface area contributed by atoms with E-state index in [0.717, 1.165) is 9.35 Å². The highest BCUT2D eigenvalue weighted by Gasteiger charge is 2.17. The number of fused-ring (bicyclic) bond motifs is 1. The Balaban J connectivity index is 1.56. The standard InChI is InChI=1S/C22H17BrFN3O2S/c23-15-3-8-20-19(12-15)22(29)26(14-25-20)10-9-21(28)27(13-18-2-1-11-30-18)17-6-4-16(24)5-7-17/h1-8,11-12,14H,9-10,13H2. The van der Waals surface area contributed by atoms with Gasteiger partial charge in [0.2, 0.25) is 5.91 Å². The van der Waals surface area contributed by atoms with Crippen LogP contribution in [0.1, 0.15) is 11.3 Å². The molecule has 0 saturated heterocycles. The van der Waals surface area contributed by atoms with Crippen molar-refractivity contribution in [2.24, 2.45) is 0 Å². The molecule has 0 atom stereocenters. The fourth-order valence-electron chi connectivity index (χ4n) is 3.14. The number of carbonyl (C=O) groups is 1. The van der Waals surface area contributed by atoms with Crippen LogP contribution in [-0.4, -0.2) is 15.5 Å². The molecule has 4 aromatic rings. The van der Waals surface area contributed by atoms with Gasteiger partial charge in [0.15, 0.2) is 0 Å². The molecule has 0 bridgehead atoms. The third-order valence-corrected chi connectivity index (χ3v) is 6.04. The zero-order valence-corrected chi connectivity index (χ0v) is 18.2. The van der Waals surface area contributed by atoms with E-state index < -0.39 is 0 Å². The molecule has 0 aliphatic carbocycles. The van der Waals surface area contributed by atoms with Gasteiger partial charge in [-0.3, -0.25) is 14.2 Å². The number of halogens is 2. The maximum atomic E-state index is 13.3. The minimum absolute atomic E-state index is 0.115. The third kappa shape index (κ3) is 4.49. The van der Waals surface area contributed by atoms with Crippen LogP contribution in [0.4, 0.5) is 10.1 Å². The molecule has 0 aliphatic heterocycles. The summed E-state index contributed by atoms with van der Waals surface area (Å²) in [5.41, 5.74) is 1.03. The zero-order valence-electron chi connectivity index (χ0n) is 15.8. The van der Waals surface area contributed by atoms with E-state index in [9.17, 15) is 14.0 Å². The van der Waals surface area contributed by atoms with Gasteiger partial charge in [-0.05, 0) is 53.9 Å². The highest BCUT2D eigenvalue weighted by Crippen LogP contribution is 2.21. The Hall–Kier alpha value is -2.84. The minimum Gasteiger partial charge on any atom is -0.307 e. The molecule has 0 aliphatic rings. The summed E-state index contributed by atoms with van der Waals surface area (Å²) in [6.07, 6.45) is 1.58. The van der Waals surface area contributed by atoms with Crippen LogP contribution < -0.4 is 10.5 Å². The Kier molecular flexibility index (Phi) is 6.06. The maximum absolute atomic E-state index is 13.3. The fraction of sp³-hybridized carbons (Fsp3) is 0.136. The van der Waals surface area contributed by atoms with E-state index in [1.165, 1.54) is 23.0 Å². The first-order chi connectivity index (χ1) is 14.5. The number of carbonyl (C=O) groups excluding carboxylic acids is 1. The van der Waals surface area contributed by atoms with Crippen molar-refractivity contribution in [1.82, 2.24) is 9.55 Å². The Bertz CT molecular complexity index is 1240. The number of hydrogen-bond donors (Lipinski definition) is 0. The summed E-state index contributed by atoms with van der Waals surface area (Å²) in [5.74, 6) is -0.515. The quantitative estimate of drug-likeness (QED) is 0.386. The first-order valence-corrected chi connectivity index (χ1v) is 10.9. The molecule has 8 heteroatoms. The molecular weight excluding hydrogens is 469 g/mol. The van der Waals surface area contributed by atoms with Crippen molar-refractivity contribution in [2.45, 2.75) is 19.5 Å². The van der Waals surface area contributed by atoms with Gasteiger partial charge in [-0.15, -0.1) is 11.3 Å². The average molecular weight is 486 g/mol. The van der Waals surface area contributed by atoms with Crippen molar-refractivity contribution in [2.75, 3.05) is 4.90 Å². The van der Waals surface area contributed by atoms with Gasteiger partial charge in [0.25, 0.3) is 5.56 Å². The molecule has 0 N–H and O–H groups in total. The Morgan fingerprint density at radius 1 is 1.17 bits per heavy atom. The largest absolute Gasteiger partial charge is 0.307 e. The van der Waals surface area contributed by atoms with Crippen molar-refractivity contribution >= 4 is 49.8 Å². The molecule has 0 fully saturated rings. The second kappa shape index (κ2) is 8.89. The number of nitrogens with zero attached hydrogens (tertiary/aromatic N) is 3. The van der Waals surface area contributed by atoms with E-state index >= 15 is 0 Å². The van der Waals surface area contributed by atoms with Crippen molar-refractivity contribution in [1.29, 1.82) is 0 Å². The van der Waals surface area contributed by atoms with Crippen LogP contribution >= 0.6 is 27.3 Å². The lowest BCUT2D eigenvalue weighted by Crippen LogP contribution is -2.32. The van der Waals surface area contributed by atoms with Gasteiger partial charge in [-0.25, -0.2) is 9.37 Å². The van der Waals surface area contributed by atoms with Gasteiger partial charge in [0, 0.05) is 28.0 Å². The topological polar surface area (TPSA) is 55.2 Å². The normalized spacial score (nSPS) is 11.0. The highest BCUT2D eigenvalue weighted by atomic mass is 79.9. The summed E-state index contributed by atoms with van der Waals surface area (Å²) in [4.78, 5) is 32.8. The monoisotopic (exact) mass is 485 g/mol. The Morgan fingerprint density at radius 2 is 1.97 bits per heavy atom. The van der Waals surface area contributed by atoms with Gasteiger partial charge in [-0.2, -0.15) is 0 Å². The number of thiophene rings is 1. The van der Waals surface area contributed by atoms with Crippen LogP contribution in [0.25, 0.3) is 10.9 Å². The molecule has 5 nitrogen and oxygen atoms in total. The molecule has 0 radical (unpaired) electrons. The summed E-state index contributed by atoms with van der Waals surface area (Å²) in [6, 6.07) is 15.0. The van der Waals surface area contributed by atoms with Crippen LogP contribution in [0.3, 0.4) is 0 Å². The number of aromatic nitrogens is 2. The first-order valence-electron chi connectivity index (χ1n) is 9.24. The number of benzene rings is 2. The van der Waals surface area contributed by atoms with E-state index in [4.69, 9.17) is 0 Å². The molecule has 0 unspecified atom stereocenters. The van der Waals surface area contributed by atoms with E-state index in [2.05, 4.69) is 20.9 Å². The molecule has 0 saturated carbocycles. The highest BCUT2D eigenvalue weighted by molar-refractivity contribution is 9.10. The average Bonchev–Trinajstić information content (AvgIpc) is 3.26. The number of anilines is 1. The zero-order chi connectivity index (χ0) is 21.1. The van der Waals surface area contributed by atoms with E-state index in [0.29, 0.717) is 23.1 Å². The van der Waals surface area contributed by atoms with Crippen LogP contribution in [0, 0.1) is 5.82 Å². The second-order valence-electron chi connectivity index (χ2n) is 6.69. The number of amides is 1.